The van der Waals surface area contributed by atoms with Crippen LogP contribution in [0.1, 0.15) is 31.8 Å². The van der Waals surface area contributed by atoms with E-state index in [1.807, 2.05) is 6.07 Å². The van der Waals surface area contributed by atoms with E-state index in [9.17, 15) is 9.59 Å². The minimum Gasteiger partial charge on any atom is -0.469 e. The van der Waals surface area contributed by atoms with Crippen LogP contribution in [0, 0.1) is 0 Å². The number of aromatic nitrogens is 2. The molecule has 0 atom stereocenters. The van der Waals surface area contributed by atoms with E-state index >= 15 is 0 Å². The van der Waals surface area contributed by atoms with Crippen molar-refractivity contribution in [2.24, 2.45) is 7.05 Å². The molecule has 9 heteroatoms. The van der Waals surface area contributed by atoms with Gasteiger partial charge in [0.25, 0.3) is 0 Å². The largest absolute Gasteiger partial charge is 0.469 e. The second-order valence-electron chi connectivity index (χ2n) is 7.67. The Morgan fingerprint density at radius 2 is 1.79 bits per heavy atom. The summed E-state index contributed by atoms with van der Waals surface area (Å²) in [5, 5.41) is 4.94. The van der Waals surface area contributed by atoms with E-state index in [0.717, 1.165) is 13.1 Å². The first-order chi connectivity index (χ1) is 16.0. The van der Waals surface area contributed by atoms with Gasteiger partial charge in [-0.15, -0.1) is 0 Å². The van der Waals surface area contributed by atoms with Gasteiger partial charge in [0.2, 0.25) is 11.7 Å². The lowest BCUT2D eigenvalue weighted by Crippen LogP contribution is -2.35. The van der Waals surface area contributed by atoms with Gasteiger partial charge in [0.15, 0.2) is 12.4 Å². The number of Topliss-reactive ketones (excluding diaryl/α,β-unsaturated/α-hetero) is 1. The summed E-state index contributed by atoms with van der Waals surface area (Å²) < 4.78 is 12.5. The van der Waals surface area contributed by atoms with Crippen LogP contribution in [0.4, 0.5) is 0 Å². The zero-order valence-corrected chi connectivity index (χ0v) is 19.6. The summed E-state index contributed by atoms with van der Waals surface area (Å²) >= 11 is 13.1. The fourth-order valence-electron chi connectivity index (χ4n) is 3.64. The van der Waals surface area contributed by atoms with Crippen molar-refractivity contribution < 1.29 is 19.1 Å². The Bertz CT molecular complexity index is 1160. The van der Waals surface area contributed by atoms with Crippen molar-refractivity contribution in [3.63, 3.8) is 0 Å². The van der Waals surface area contributed by atoms with Crippen molar-refractivity contribution in [2.45, 2.75) is 6.54 Å². The normalized spacial score (nSPS) is 14.3. The molecule has 1 aliphatic rings. The van der Waals surface area contributed by atoms with Crippen molar-refractivity contribution in [3.8, 4) is 5.88 Å². The molecule has 0 aliphatic carbocycles. The minimum atomic E-state index is -0.352. The standard InChI is InChI=1S/C24H23Cl2N3O4/c1-28-24(33-15-21(30)16-5-3-2-4-6-16)18(13-27-28)23(31)17-7-8-20(25)19(22(17)26)14-29-9-11-32-12-10-29/h2-8,13H,9-12,14-15H2,1H3. The fraction of sp³-hybridized carbons (Fsp3) is 0.292. The van der Waals surface area contributed by atoms with Crippen molar-refractivity contribution in [2.75, 3.05) is 32.9 Å². The van der Waals surface area contributed by atoms with Crippen LogP contribution in [0.3, 0.4) is 0 Å². The first-order valence-corrected chi connectivity index (χ1v) is 11.3. The molecule has 0 bridgehead atoms. The molecule has 4 rings (SSSR count). The molecule has 3 aromatic rings. The lowest BCUT2D eigenvalue weighted by atomic mass is 10.0. The van der Waals surface area contributed by atoms with E-state index in [-0.39, 0.29) is 29.6 Å². The van der Waals surface area contributed by atoms with Gasteiger partial charge in [0.05, 0.1) is 24.4 Å². The van der Waals surface area contributed by atoms with Crippen molar-refractivity contribution >= 4 is 34.8 Å². The number of hydrogen-bond acceptors (Lipinski definition) is 6. The molecule has 1 saturated heterocycles. The van der Waals surface area contributed by atoms with Crippen LogP contribution in [0.15, 0.2) is 48.7 Å². The molecule has 0 N–H and O–H groups in total. The summed E-state index contributed by atoms with van der Waals surface area (Å²) in [6, 6.07) is 12.1. The number of hydrogen-bond donors (Lipinski definition) is 0. The number of aryl methyl sites for hydroxylation is 1. The van der Waals surface area contributed by atoms with E-state index in [4.69, 9.17) is 32.7 Å². The van der Waals surface area contributed by atoms with E-state index in [2.05, 4.69) is 10.00 Å². The van der Waals surface area contributed by atoms with E-state index < -0.39 is 0 Å². The number of carbonyl (C=O) groups is 2. The Kier molecular flexibility index (Phi) is 7.45. The van der Waals surface area contributed by atoms with Gasteiger partial charge in [-0.05, 0) is 12.1 Å². The van der Waals surface area contributed by atoms with E-state index in [1.165, 1.54) is 10.9 Å². The molecule has 1 fully saturated rings. The van der Waals surface area contributed by atoms with Crippen molar-refractivity contribution in [3.05, 3.63) is 81.0 Å². The Morgan fingerprint density at radius 3 is 2.52 bits per heavy atom. The van der Waals surface area contributed by atoms with Crippen LogP contribution < -0.4 is 4.74 Å². The number of ketones is 2. The summed E-state index contributed by atoms with van der Waals surface area (Å²) in [6.07, 6.45) is 1.41. The van der Waals surface area contributed by atoms with Gasteiger partial charge >= 0.3 is 0 Å². The Hall–Kier alpha value is -2.71. The van der Waals surface area contributed by atoms with Crippen LogP contribution in [0.2, 0.25) is 10.0 Å². The summed E-state index contributed by atoms with van der Waals surface area (Å²) in [5.74, 6) is -0.354. The van der Waals surface area contributed by atoms with Gasteiger partial charge in [-0.1, -0.05) is 53.5 Å². The molecule has 1 aliphatic heterocycles. The third kappa shape index (κ3) is 5.28. The fourth-order valence-corrected chi connectivity index (χ4v) is 4.22. The summed E-state index contributed by atoms with van der Waals surface area (Å²) in [4.78, 5) is 28.0. The predicted octanol–water partition coefficient (Wildman–Crippen LogP) is 4.05. The maximum absolute atomic E-state index is 13.4. The number of carbonyl (C=O) groups excluding carboxylic acids is 2. The quantitative estimate of drug-likeness (QED) is 0.446. The molecule has 0 amide bonds. The number of benzene rings is 2. The van der Waals surface area contributed by atoms with Gasteiger partial charge in [-0.3, -0.25) is 14.5 Å². The molecule has 1 aromatic heterocycles. The van der Waals surface area contributed by atoms with Gasteiger partial charge in [0, 0.05) is 48.4 Å². The monoisotopic (exact) mass is 487 g/mol. The molecule has 0 unspecified atom stereocenters. The minimum absolute atomic E-state index is 0.199. The highest BCUT2D eigenvalue weighted by Crippen LogP contribution is 2.32. The average molecular weight is 488 g/mol. The molecule has 7 nitrogen and oxygen atoms in total. The van der Waals surface area contributed by atoms with Crippen molar-refractivity contribution in [1.29, 1.82) is 0 Å². The van der Waals surface area contributed by atoms with Crippen molar-refractivity contribution in [1.82, 2.24) is 14.7 Å². The highest BCUT2D eigenvalue weighted by molar-refractivity contribution is 6.39. The molecule has 0 radical (unpaired) electrons. The highest BCUT2D eigenvalue weighted by Gasteiger charge is 2.25. The molecular formula is C24H23Cl2N3O4. The number of halogens is 2. The maximum atomic E-state index is 13.4. The zero-order chi connectivity index (χ0) is 23.4. The first kappa shape index (κ1) is 23.4. The first-order valence-electron chi connectivity index (χ1n) is 10.5. The lowest BCUT2D eigenvalue weighted by molar-refractivity contribution is 0.0342. The smallest absolute Gasteiger partial charge is 0.223 e. The van der Waals surface area contributed by atoms with Gasteiger partial charge in [0.1, 0.15) is 5.56 Å². The number of rotatable bonds is 8. The molecule has 172 valence electrons. The Balaban J connectivity index is 1.56. The number of nitrogens with zero attached hydrogens (tertiary/aromatic N) is 3. The van der Waals surface area contributed by atoms with Crippen LogP contribution >= 0.6 is 23.2 Å². The van der Waals surface area contributed by atoms with Crippen LogP contribution in [0.25, 0.3) is 0 Å². The Labute approximate surface area is 201 Å². The van der Waals surface area contributed by atoms with E-state index in [1.54, 1.807) is 43.4 Å². The third-order valence-corrected chi connectivity index (χ3v) is 6.27. The molecule has 0 saturated carbocycles. The van der Waals surface area contributed by atoms with E-state index in [0.29, 0.717) is 46.5 Å². The van der Waals surface area contributed by atoms with Gasteiger partial charge in [-0.25, -0.2) is 4.68 Å². The highest BCUT2D eigenvalue weighted by atomic mass is 35.5. The Morgan fingerprint density at radius 1 is 1.06 bits per heavy atom. The molecule has 33 heavy (non-hydrogen) atoms. The molecule has 2 aromatic carbocycles. The van der Waals surface area contributed by atoms with Crippen LogP contribution in [-0.4, -0.2) is 59.2 Å². The molecule has 0 spiro atoms. The van der Waals surface area contributed by atoms with Crippen LogP contribution in [0.5, 0.6) is 5.88 Å². The maximum Gasteiger partial charge on any atom is 0.223 e. The zero-order valence-electron chi connectivity index (χ0n) is 18.1. The number of ether oxygens (including phenoxy) is 2. The predicted molar refractivity (Wildman–Crippen MR) is 125 cm³/mol. The topological polar surface area (TPSA) is 73.7 Å². The average Bonchev–Trinajstić information content (AvgIpc) is 3.21. The second kappa shape index (κ2) is 10.5. The molecule has 2 heterocycles. The third-order valence-electron chi connectivity index (χ3n) is 5.48. The SMILES string of the molecule is Cn1ncc(C(=O)c2ccc(Cl)c(CN3CCOCC3)c2Cl)c1OCC(=O)c1ccccc1. The lowest BCUT2D eigenvalue weighted by Gasteiger charge is -2.27. The summed E-state index contributed by atoms with van der Waals surface area (Å²) in [6.45, 7) is 3.12. The second-order valence-corrected chi connectivity index (χ2v) is 8.46. The summed E-state index contributed by atoms with van der Waals surface area (Å²) in [7, 11) is 1.65. The summed E-state index contributed by atoms with van der Waals surface area (Å²) in [5.41, 5.74) is 1.74. The molecular weight excluding hydrogens is 465 g/mol. The number of morpholine rings is 1. The van der Waals surface area contributed by atoms with Gasteiger partial charge in [-0.2, -0.15) is 5.10 Å². The van der Waals surface area contributed by atoms with Crippen LogP contribution in [-0.2, 0) is 18.3 Å². The van der Waals surface area contributed by atoms with Gasteiger partial charge < -0.3 is 9.47 Å².